The average molecular weight is 1950 g/mol. The number of nitriles is 3. The summed E-state index contributed by atoms with van der Waals surface area (Å²) >= 11 is 0. The lowest BCUT2D eigenvalue weighted by molar-refractivity contribution is -0.129. The van der Waals surface area contributed by atoms with Gasteiger partial charge in [-0.05, 0) is 191 Å². The second kappa shape index (κ2) is 44.0. The van der Waals surface area contributed by atoms with Crippen molar-refractivity contribution in [3.05, 3.63) is 322 Å². The van der Waals surface area contributed by atoms with Crippen molar-refractivity contribution in [3.8, 4) is 51.6 Å². The van der Waals surface area contributed by atoms with E-state index in [1.54, 1.807) is 32.3 Å². The number of aliphatic hydroxyl groups is 1. The number of benzene rings is 6. The average Bonchev–Trinajstić information content (AvgIpc) is 1.68. The molecule has 19 rings (SSSR count). The van der Waals surface area contributed by atoms with Gasteiger partial charge in [-0.15, -0.1) is 0 Å². The lowest BCUT2D eigenvalue weighted by Crippen LogP contribution is -2.69. The summed E-state index contributed by atoms with van der Waals surface area (Å²) in [6.07, 6.45) is 30.9. The predicted octanol–water partition coefficient (Wildman–Crippen LogP) is 20.5. The number of ketones is 1. The van der Waals surface area contributed by atoms with Gasteiger partial charge in [-0.2, -0.15) is 26.0 Å². The van der Waals surface area contributed by atoms with Crippen LogP contribution in [0.5, 0.6) is 0 Å². The van der Waals surface area contributed by atoms with Crippen molar-refractivity contribution in [2.45, 2.75) is 191 Å². The first-order valence-electron chi connectivity index (χ1n) is 46.3. The number of pyridine rings is 3. The zero-order valence-electron chi connectivity index (χ0n) is 79.6. The molecule has 15 aromatic rings. The van der Waals surface area contributed by atoms with Gasteiger partial charge in [0.05, 0.1) is 98.7 Å². The first-order chi connectivity index (χ1) is 65.8. The minimum Gasteiger partial charge on any atom is -0.404 e. The quantitative estimate of drug-likeness (QED) is 0.0323. The molecule has 4 fully saturated rings. The van der Waals surface area contributed by atoms with E-state index < -0.39 is 32.5 Å². The zero-order valence-corrected chi connectivity index (χ0v) is 87.0. The number of aromatic nitrogens is 11. The number of fused-ring (bicyclic) bond motifs is 3. The van der Waals surface area contributed by atoms with Crippen molar-refractivity contribution in [3.63, 3.8) is 0 Å². The Bertz CT molecular complexity index is 6700. The number of Topliss-reactive ketones (excluding diaryl/α,β-unsaturated/α-hetero) is 1. The first kappa shape index (κ1) is 101. The van der Waals surface area contributed by atoms with Crippen LogP contribution in [-0.4, -0.2) is 132 Å². The van der Waals surface area contributed by atoms with Gasteiger partial charge >= 0.3 is 7.60 Å². The molecule has 0 spiro atoms. The molecule has 0 radical (unpaired) electrons. The molecule has 30 heteroatoms. The van der Waals surface area contributed by atoms with Gasteiger partial charge in [0, 0.05) is 102 Å². The molecule has 3 unspecified atom stereocenters. The molecule has 23 nitrogen and oxygen atoms in total. The maximum Gasteiger partial charge on any atom is 0.344 e. The Morgan fingerprint density at radius 1 is 0.482 bits per heavy atom. The molecule has 0 bridgehead atoms. The van der Waals surface area contributed by atoms with E-state index in [0.29, 0.717) is 57.5 Å². The summed E-state index contributed by atoms with van der Waals surface area (Å²) in [6, 6.07) is 84.8. The summed E-state index contributed by atoms with van der Waals surface area (Å²) < 4.78 is 51.8. The number of carbonyl (C=O) groups excluding carboxylic acids is 1. The predicted molar refractivity (Wildman–Crippen MR) is 565 cm³/mol. The maximum atomic E-state index is 11.5. The number of hydrogen-bond acceptors (Lipinski definition) is 16. The molecule has 9 heterocycles. The van der Waals surface area contributed by atoms with Gasteiger partial charge < -0.3 is 45.4 Å². The van der Waals surface area contributed by atoms with Gasteiger partial charge in [0.15, 0.2) is 6.20 Å². The largest absolute Gasteiger partial charge is 0.404 e. The number of rotatable bonds is 24. The van der Waals surface area contributed by atoms with Crippen LogP contribution >= 0.6 is 35.8 Å². The van der Waals surface area contributed by atoms with Crippen molar-refractivity contribution in [2.24, 2.45) is 0 Å². The Balaban J connectivity index is 0.000000137. The van der Waals surface area contributed by atoms with Crippen molar-refractivity contribution in [2.75, 3.05) is 19.4 Å². The zero-order chi connectivity index (χ0) is 97.4. The maximum absolute atomic E-state index is 11.5. The molecule has 0 amide bonds. The van der Waals surface area contributed by atoms with Gasteiger partial charge in [0.2, 0.25) is 0 Å². The summed E-state index contributed by atoms with van der Waals surface area (Å²) in [4.78, 5) is 31.2. The van der Waals surface area contributed by atoms with Gasteiger partial charge in [-0.25, -0.2) is 19.8 Å². The fourth-order valence-electron chi connectivity index (χ4n) is 19.4. The molecule has 6 aromatic carbocycles. The number of hydrogen-bond donors (Lipinski definition) is 2. The molecule has 4 saturated carbocycles. The number of nitrogens with zero attached hydrogens (tertiary/aromatic N) is 14. The Hall–Kier alpha value is -11.6. The lowest BCUT2D eigenvalue weighted by Gasteiger charge is -2.52. The normalized spacial score (nSPS) is 17.6. The Labute approximate surface area is 814 Å². The lowest BCUT2D eigenvalue weighted by atomic mass is 9.72. The van der Waals surface area contributed by atoms with Crippen LogP contribution in [0, 0.1) is 40.6 Å². The van der Waals surface area contributed by atoms with Crippen LogP contribution in [0.1, 0.15) is 140 Å². The number of aromatic amines is 1. The summed E-state index contributed by atoms with van der Waals surface area (Å²) in [5, 5.41) is 57.1. The van der Waals surface area contributed by atoms with Crippen LogP contribution < -0.4 is 31.1 Å². The van der Waals surface area contributed by atoms with E-state index in [4.69, 9.17) is 44.5 Å². The van der Waals surface area contributed by atoms with Crippen LogP contribution in [0.15, 0.2) is 311 Å². The van der Waals surface area contributed by atoms with E-state index >= 15 is 0 Å². The molecule has 9 aromatic heterocycles. The molecular formula is C107H121N15O8P4Si3. The van der Waals surface area contributed by atoms with Gasteiger partial charge in [-0.1, -0.05) is 250 Å². The minimum atomic E-state index is -3.08. The van der Waals surface area contributed by atoms with Crippen LogP contribution in [0.4, 0.5) is 0 Å². The third-order valence-electron chi connectivity index (χ3n) is 26.1. The second-order valence-electron chi connectivity index (χ2n) is 38.2. The highest BCUT2D eigenvalue weighted by molar-refractivity contribution is 7.54. The second-order valence-corrected chi connectivity index (χ2v) is 54.7. The Morgan fingerprint density at radius 2 is 0.810 bits per heavy atom. The highest BCUT2D eigenvalue weighted by Crippen LogP contribution is 2.51. The van der Waals surface area contributed by atoms with E-state index in [-0.39, 0.29) is 56.8 Å². The van der Waals surface area contributed by atoms with Crippen LogP contribution in [0.3, 0.4) is 0 Å². The fourth-order valence-corrected chi connectivity index (χ4v) is 35.6. The van der Waals surface area contributed by atoms with Crippen molar-refractivity contribution >= 4 is 131 Å². The van der Waals surface area contributed by atoms with E-state index in [1.165, 1.54) is 53.2 Å². The van der Waals surface area contributed by atoms with Crippen molar-refractivity contribution in [1.82, 2.24) is 52.5 Å². The SMILES string of the molecule is CC(C)(C)[Si](OC1CC(=O)C1)(c1ccccc1)c1ccccc1.CC(C)(C)[Si](OC1CC(CC#N)(n2cc(-c3ccnc4c3ccn4P)cn2)C1)(c1ccccc1)c1ccccc1.CCOP(=O)(CC#N)OCC.N#CCC1(n2cc(-c3ccnc4c3ccn4P)cn2)CC(O)C1.Pn1ccc2c(-c3cc[nH]c3)ccnc21.[C-]#[N+]C=C1CC(O[Si](c2ccccc2)(c2ccccc2)C(C)(C)C)C1. The van der Waals surface area contributed by atoms with Crippen molar-refractivity contribution in [1.29, 1.82) is 15.8 Å². The smallest absolute Gasteiger partial charge is 0.344 e. The van der Waals surface area contributed by atoms with Gasteiger partial charge in [0.1, 0.15) is 28.9 Å². The molecule has 137 heavy (non-hydrogen) atoms. The summed E-state index contributed by atoms with van der Waals surface area (Å²) in [5.41, 5.74) is 9.81. The standard InChI is InChI=1S/C32H34N5OPSi.C22H25NOSi.C20H24O2Si.C16H16N5OP.C11H10N3P.C6H12NO3P/c1-31(2,3)40(26-10-6-4-7-11-26,27-12-8-5-9-13-27)38-25-20-32(21-25,16-17-33)37-23-24(22-35-37)28-14-18-34-30-29(28)15-19-36(30)39;1-22(2,3)25(20-11-7-5-8-12-20,21-13-9-6-10-14-21)24-19-15-18(16-19)17-23-4;1-20(2,3)23(18-10-6-4-7-11-18,19-12-8-5-9-13-19)22-17-14-16(21)15-17;17-4-3-16(7-12(22)8-16)21-10-11(9-19-21)13-1-5-18-15-14(13)2-6-20(15)23;15-14-6-3-10-9(2-5-13-11(10)14)8-1-4-12-7-8;1-3-9-11(8,6-5-7)10-4-2/h4-15,18-19,22-23,25H,16,20-21,39H2,1-3H3;5-14,17,19H,15-16H2,1-3H3;4-13,17H,14-15H2,1-3H3;1-2,5-6,9-10,12,22H,3,7-8,23H2;1-7,12H,15H2;3-4,6H2,1-2H3. The first-order valence-corrected chi connectivity index (χ1v) is 55.3. The highest BCUT2D eigenvalue weighted by Gasteiger charge is 2.58. The Morgan fingerprint density at radius 3 is 1.10 bits per heavy atom. The fraction of sp³-hybridized carbons (Fsp3) is 0.308. The summed E-state index contributed by atoms with van der Waals surface area (Å²) in [6.45, 7) is 31.6. The topological polar surface area (TPSA) is 281 Å². The number of aliphatic hydroxyl groups excluding tert-OH is 1. The number of carbonyl (C=O) groups is 1. The molecule has 2 N–H and O–H groups in total. The third kappa shape index (κ3) is 21.9. The highest BCUT2D eigenvalue weighted by atomic mass is 31.2. The number of H-pyrrole nitrogens is 1. The molecule has 4 aliphatic rings. The summed E-state index contributed by atoms with van der Waals surface area (Å²) in [7, 11) is -2.72. The third-order valence-corrected chi connectivity index (χ3v) is 44.5. The van der Waals surface area contributed by atoms with E-state index in [9.17, 15) is 19.7 Å². The van der Waals surface area contributed by atoms with Gasteiger partial charge in [-0.3, -0.25) is 18.7 Å². The van der Waals surface area contributed by atoms with Crippen molar-refractivity contribution < 1.29 is 36.8 Å². The van der Waals surface area contributed by atoms with E-state index in [0.717, 1.165) is 75.7 Å². The van der Waals surface area contributed by atoms with E-state index in [2.05, 4.69) is 327 Å². The molecule has 0 aliphatic heterocycles. The minimum absolute atomic E-state index is 0.00890. The van der Waals surface area contributed by atoms with Gasteiger partial charge in [0.25, 0.3) is 25.0 Å². The number of nitrogens with one attached hydrogen (secondary N) is 1. The van der Waals surface area contributed by atoms with Crippen LogP contribution in [-0.2, 0) is 42.8 Å². The molecule has 3 atom stereocenters. The summed E-state index contributed by atoms with van der Waals surface area (Å²) in [5.74, 6) is 0.313. The van der Waals surface area contributed by atoms with E-state index in [1.807, 2.05) is 121 Å². The van der Waals surface area contributed by atoms with Crippen LogP contribution in [0.25, 0.3) is 71.3 Å². The molecule has 4 aliphatic carbocycles. The monoisotopic (exact) mass is 1950 g/mol. The van der Waals surface area contributed by atoms with Crippen LogP contribution in [0.2, 0.25) is 15.1 Å². The molecule has 0 saturated heterocycles. The molecule has 704 valence electrons. The molecular weight excluding hydrogens is 1830 g/mol. The Kier molecular flexibility index (Phi) is 32.6.